The van der Waals surface area contributed by atoms with Gasteiger partial charge in [0, 0.05) is 13.0 Å². The van der Waals surface area contributed by atoms with E-state index in [4.69, 9.17) is 4.74 Å². The van der Waals surface area contributed by atoms with E-state index in [1.54, 1.807) is 0 Å². The van der Waals surface area contributed by atoms with Crippen LogP contribution in [0.25, 0.3) is 11.0 Å². The summed E-state index contributed by atoms with van der Waals surface area (Å²) < 4.78 is 8.14. The molecule has 0 aliphatic heterocycles. The van der Waals surface area contributed by atoms with Crippen molar-refractivity contribution in [2.45, 2.75) is 33.2 Å². The van der Waals surface area contributed by atoms with Crippen molar-refractivity contribution in [1.29, 1.82) is 0 Å². The van der Waals surface area contributed by atoms with Crippen molar-refractivity contribution >= 4 is 11.0 Å². The first kappa shape index (κ1) is 16.5. The van der Waals surface area contributed by atoms with Crippen LogP contribution >= 0.6 is 0 Å². The highest BCUT2D eigenvalue weighted by molar-refractivity contribution is 5.75. The molecule has 1 N–H and O–H groups in total. The summed E-state index contributed by atoms with van der Waals surface area (Å²) in [5, 5.41) is 9.27. The van der Waals surface area contributed by atoms with Gasteiger partial charge >= 0.3 is 0 Å². The van der Waals surface area contributed by atoms with Crippen LogP contribution in [0.2, 0.25) is 0 Å². The monoisotopic (exact) mass is 324 g/mol. The molecule has 0 spiro atoms. The number of imidazole rings is 1. The van der Waals surface area contributed by atoms with Gasteiger partial charge in [-0.2, -0.15) is 0 Å². The molecule has 0 saturated carbocycles. The van der Waals surface area contributed by atoms with Crippen molar-refractivity contribution in [1.82, 2.24) is 9.55 Å². The van der Waals surface area contributed by atoms with E-state index < -0.39 is 0 Å². The molecule has 4 nitrogen and oxygen atoms in total. The molecule has 126 valence electrons. The summed E-state index contributed by atoms with van der Waals surface area (Å²) in [4.78, 5) is 4.63. The lowest BCUT2D eigenvalue weighted by Crippen LogP contribution is -2.09. The van der Waals surface area contributed by atoms with Gasteiger partial charge in [0.1, 0.15) is 11.6 Å². The highest BCUT2D eigenvalue weighted by atomic mass is 16.5. The zero-order chi connectivity index (χ0) is 16.9. The lowest BCUT2D eigenvalue weighted by molar-refractivity contribution is 0.289. The van der Waals surface area contributed by atoms with Crippen LogP contribution in [-0.4, -0.2) is 27.9 Å². The van der Waals surface area contributed by atoms with Gasteiger partial charge in [0.2, 0.25) is 0 Å². The second-order valence-corrected chi connectivity index (χ2v) is 6.04. The minimum absolute atomic E-state index is 0.113. The lowest BCUT2D eigenvalue weighted by Gasteiger charge is -2.12. The van der Waals surface area contributed by atoms with E-state index in [2.05, 4.69) is 35.5 Å². The minimum Gasteiger partial charge on any atom is -0.493 e. The highest BCUT2D eigenvalue weighted by Gasteiger charge is 2.10. The van der Waals surface area contributed by atoms with Crippen LogP contribution in [0.4, 0.5) is 0 Å². The Kier molecular flexibility index (Phi) is 5.16. The van der Waals surface area contributed by atoms with E-state index in [1.807, 2.05) is 30.3 Å². The molecule has 0 fully saturated rings. The summed E-state index contributed by atoms with van der Waals surface area (Å²) in [5.74, 6) is 1.89. The summed E-state index contributed by atoms with van der Waals surface area (Å²) in [6.07, 6.45) is 1.47. The molecule has 3 rings (SSSR count). The molecular weight excluding hydrogens is 300 g/mol. The molecule has 1 aromatic heterocycles. The molecule has 2 aromatic carbocycles. The van der Waals surface area contributed by atoms with Crippen LogP contribution in [0, 0.1) is 13.8 Å². The largest absolute Gasteiger partial charge is 0.493 e. The van der Waals surface area contributed by atoms with Crippen molar-refractivity contribution in [3.63, 3.8) is 0 Å². The van der Waals surface area contributed by atoms with E-state index in [9.17, 15) is 5.11 Å². The lowest BCUT2D eigenvalue weighted by atomic mass is 10.1. The Morgan fingerprint density at radius 1 is 1.08 bits per heavy atom. The SMILES string of the molecule is Cc1cccc(OCCCn2c(CCO)nc3ccccc32)c1C. The van der Waals surface area contributed by atoms with Gasteiger partial charge in [0.05, 0.1) is 24.2 Å². The van der Waals surface area contributed by atoms with Crippen molar-refractivity contribution < 1.29 is 9.84 Å². The molecule has 1 heterocycles. The number of aromatic nitrogens is 2. The first-order chi connectivity index (χ1) is 11.7. The fourth-order valence-electron chi connectivity index (χ4n) is 2.95. The molecule has 0 radical (unpaired) electrons. The standard InChI is InChI=1S/C20H24N2O2/c1-15-7-5-10-19(16(15)2)24-14-6-12-22-18-9-4-3-8-17(18)21-20(22)11-13-23/h3-5,7-10,23H,6,11-14H2,1-2H3. The van der Waals surface area contributed by atoms with Crippen molar-refractivity contribution in [2.75, 3.05) is 13.2 Å². The van der Waals surface area contributed by atoms with Crippen LogP contribution in [0.3, 0.4) is 0 Å². The smallest absolute Gasteiger partial charge is 0.122 e. The van der Waals surface area contributed by atoms with Crippen LogP contribution < -0.4 is 4.74 Å². The van der Waals surface area contributed by atoms with Crippen LogP contribution in [0.1, 0.15) is 23.4 Å². The number of aliphatic hydroxyl groups is 1. The molecule has 3 aromatic rings. The van der Waals surface area contributed by atoms with Crippen LogP contribution in [-0.2, 0) is 13.0 Å². The number of hydrogen-bond acceptors (Lipinski definition) is 3. The maximum atomic E-state index is 9.27. The van der Waals surface area contributed by atoms with Crippen molar-refractivity contribution in [3.8, 4) is 5.75 Å². The second kappa shape index (κ2) is 7.49. The number of aliphatic hydroxyl groups excluding tert-OH is 1. The summed E-state index contributed by atoms with van der Waals surface area (Å²) >= 11 is 0. The quantitative estimate of drug-likeness (QED) is 0.675. The number of aryl methyl sites for hydroxylation is 2. The minimum atomic E-state index is 0.113. The average molecular weight is 324 g/mol. The highest BCUT2D eigenvalue weighted by Crippen LogP contribution is 2.21. The molecule has 0 saturated heterocycles. The summed E-state index contributed by atoms with van der Waals surface area (Å²) in [5.41, 5.74) is 4.55. The zero-order valence-electron chi connectivity index (χ0n) is 14.3. The van der Waals surface area contributed by atoms with Gasteiger partial charge in [-0.25, -0.2) is 4.98 Å². The molecule has 4 heteroatoms. The summed E-state index contributed by atoms with van der Waals surface area (Å²) in [6.45, 7) is 5.80. The Bertz CT molecular complexity index is 824. The van der Waals surface area contributed by atoms with E-state index in [1.165, 1.54) is 11.1 Å². The number of fused-ring (bicyclic) bond motifs is 1. The first-order valence-electron chi connectivity index (χ1n) is 8.44. The van der Waals surface area contributed by atoms with E-state index in [0.717, 1.165) is 35.6 Å². The third-order valence-corrected chi connectivity index (χ3v) is 4.41. The molecule has 0 aliphatic rings. The Morgan fingerprint density at radius 3 is 2.75 bits per heavy atom. The maximum absolute atomic E-state index is 9.27. The molecule has 24 heavy (non-hydrogen) atoms. The van der Waals surface area contributed by atoms with Crippen LogP contribution in [0.15, 0.2) is 42.5 Å². The second-order valence-electron chi connectivity index (χ2n) is 6.04. The van der Waals surface area contributed by atoms with Gasteiger partial charge in [-0.3, -0.25) is 0 Å². The number of nitrogens with zero attached hydrogens (tertiary/aromatic N) is 2. The Balaban J connectivity index is 1.67. The van der Waals surface area contributed by atoms with E-state index in [-0.39, 0.29) is 6.61 Å². The third-order valence-electron chi connectivity index (χ3n) is 4.41. The van der Waals surface area contributed by atoms with Gasteiger partial charge in [-0.1, -0.05) is 24.3 Å². The number of ether oxygens (including phenoxy) is 1. The van der Waals surface area contributed by atoms with Gasteiger partial charge in [-0.15, -0.1) is 0 Å². The summed E-state index contributed by atoms with van der Waals surface area (Å²) in [7, 11) is 0. The molecule has 0 bridgehead atoms. The first-order valence-corrected chi connectivity index (χ1v) is 8.44. The predicted molar refractivity (Wildman–Crippen MR) is 96.6 cm³/mol. The summed E-state index contributed by atoms with van der Waals surface area (Å²) in [6, 6.07) is 14.3. The van der Waals surface area contributed by atoms with Crippen molar-refractivity contribution in [2.24, 2.45) is 0 Å². The molecule has 0 atom stereocenters. The normalized spacial score (nSPS) is 11.1. The number of rotatable bonds is 7. The van der Waals surface area contributed by atoms with Gasteiger partial charge in [0.15, 0.2) is 0 Å². The molecule has 0 aliphatic carbocycles. The molecular formula is C20H24N2O2. The maximum Gasteiger partial charge on any atom is 0.122 e. The van der Waals surface area contributed by atoms with Gasteiger partial charge in [0.25, 0.3) is 0 Å². The number of hydrogen-bond donors (Lipinski definition) is 1. The number of benzene rings is 2. The molecule has 0 amide bonds. The fraction of sp³-hybridized carbons (Fsp3) is 0.350. The average Bonchev–Trinajstić information content (AvgIpc) is 2.93. The predicted octanol–water partition coefficient (Wildman–Crippen LogP) is 3.66. The Hall–Kier alpha value is -2.33. The number of para-hydroxylation sites is 2. The van der Waals surface area contributed by atoms with Gasteiger partial charge < -0.3 is 14.4 Å². The Morgan fingerprint density at radius 2 is 1.92 bits per heavy atom. The van der Waals surface area contributed by atoms with Crippen molar-refractivity contribution in [3.05, 3.63) is 59.4 Å². The van der Waals surface area contributed by atoms with Crippen LogP contribution in [0.5, 0.6) is 5.75 Å². The Labute approximate surface area is 142 Å². The zero-order valence-corrected chi connectivity index (χ0v) is 14.3. The fourth-order valence-corrected chi connectivity index (χ4v) is 2.95. The van der Waals surface area contributed by atoms with E-state index >= 15 is 0 Å². The topological polar surface area (TPSA) is 47.3 Å². The van der Waals surface area contributed by atoms with Gasteiger partial charge in [-0.05, 0) is 49.6 Å². The van der Waals surface area contributed by atoms with E-state index in [0.29, 0.717) is 13.0 Å². The molecule has 0 unspecified atom stereocenters. The third kappa shape index (κ3) is 3.44.